The van der Waals surface area contributed by atoms with Crippen molar-refractivity contribution in [2.24, 2.45) is 11.3 Å². The molecule has 0 bridgehead atoms. The summed E-state index contributed by atoms with van der Waals surface area (Å²) >= 11 is 0. The Hall–Kier alpha value is -1.59. The summed E-state index contributed by atoms with van der Waals surface area (Å²) in [4.78, 5) is 16.6. The summed E-state index contributed by atoms with van der Waals surface area (Å²) in [7, 11) is 1.49. The molecule has 0 radical (unpaired) electrons. The van der Waals surface area contributed by atoms with Gasteiger partial charge in [0.2, 0.25) is 11.9 Å². The van der Waals surface area contributed by atoms with Crippen LogP contribution in [0, 0.1) is 11.3 Å². The summed E-state index contributed by atoms with van der Waals surface area (Å²) in [6, 6.07) is 0.236. The fourth-order valence-electron chi connectivity index (χ4n) is 2.99. The van der Waals surface area contributed by atoms with Gasteiger partial charge in [-0.25, -0.2) is 5.10 Å². The first-order chi connectivity index (χ1) is 9.05. The smallest absolute Gasteiger partial charge is 0.336 e. The van der Waals surface area contributed by atoms with Crippen molar-refractivity contribution in [2.45, 2.75) is 46.0 Å². The number of hydrogen-bond donors (Lipinski definition) is 2. The molecule has 2 rings (SSSR count). The van der Waals surface area contributed by atoms with Crippen LogP contribution >= 0.6 is 0 Å². The number of amides is 1. The molecule has 0 saturated heterocycles. The highest BCUT2D eigenvalue weighted by Gasteiger charge is 2.41. The zero-order chi connectivity index (χ0) is 13.9. The first-order valence-corrected chi connectivity index (χ1v) is 6.83. The van der Waals surface area contributed by atoms with Crippen LogP contribution in [0.15, 0.2) is 0 Å². The van der Waals surface area contributed by atoms with Gasteiger partial charge in [0.05, 0.1) is 7.11 Å². The van der Waals surface area contributed by atoms with Gasteiger partial charge in [0.15, 0.2) is 0 Å². The van der Waals surface area contributed by atoms with Crippen LogP contribution in [-0.2, 0) is 4.79 Å². The standard InChI is InChI=1S/C13H22N4O2/c1-9(2)8-13(6-4-5-7-13)10(18)14-11-15-12(19-3)17-16-11/h9H,4-8H2,1-3H3,(H2,14,15,16,17,18). The van der Waals surface area contributed by atoms with E-state index >= 15 is 0 Å². The lowest BCUT2D eigenvalue weighted by Gasteiger charge is -2.28. The number of aromatic nitrogens is 3. The molecule has 0 aliphatic heterocycles. The van der Waals surface area contributed by atoms with Crippen molar-refractivity contribution in [3.8, 4) is 6.01 Å². The van der Waals surface area contributed by atoms with Crippen molar-refractivity contribution in [3.05, 3.63) is 0 Å². The predicted octanol–water partition coefficient (Wildman–Crippen LogP) is 2.36. The molecule has 106 valence electrons. The number of H-pyrrole nitrogens is 1. The van der Waals surface area contributed by atoms with Gasteiger partial charge < -0.3 is 4.74 Å². The van der Waals surface area contributed by atoms with Crippen molar-refractivity contribution in [1.29, 1.82) is 0 Å². The van der Waals surface area contributed by atoms with Crippen molar-refractivity contribution >= 4 is 11.9 Å². The SMILES string of the molecule is COc1n[nH]c(NC(=O)C2(CC(C)C)CCCC2)n1. The Balaban J connectivity index is 2.07. The van der Waals surface area contributed by atoms with Gasteiger partial charge >= 0.3 is 6.01 Å². The van der Waals surface area contributed by atoms with E-state index in [1.807, 2.05) is 0 Å². The quantitative estimate of drug-likeness (QED) is 0.857. The fraction of sp³-hybridized carbons (Fsp3) is 0.769. The number of nitrogens with zero attached hydrogens (tertiary/aromatic N) is 2. The number of carbonyl (C=O) groups is 1. The maximum atomic E-state index is 12.5. The lowest BCUT2D eigenvalue weighted by Crippen LogP contribution is -2.35. The Morgan fingerprint density at radius 2 is 2.16 bits per heavy atom. The van der Waals surface area contributed by atoms with Crippen LogP contribution in [0.3, 0.4) is 0 Å². The van der Waals surface area contributed by atoms with Crippen LogP contribution in [0.2, 0.25) is 0 Å². The van der Waals surface area contributed by atoms with Crippen molar-refractivity contribution in [1.82, 2.24) is 15.2 Å². The molecule has 2 N–H and O–H groups in total. The average Bonchev–Trinajstić information content (AvgIpc) is 2.98. The van der Waals surface area contributed by atoms with E-state index in [9.17, 15) is 4.79 Å². The van der Waals surface area contributed by atoms with Crippen LogP contribution in [-0.4, -0.2) is 28.2 Å². The molecule has 6 heteroatoms. The fourth-order valence-corrected chi connectivity index (χ4v) is 2.99. The maximum absolute atomic E-state index is 12.5. The van der Waals surface area contributed by atoms with Crippen molar-refractivity contribution in [2.75, 3.05) is 12.4 Å². The number of methoxy groups -OCH3 is 1. The van der Waals surface area contributed by atoms with E-state index in [0.717, 1.165) is 32.1 Å². The lowest BCUT2D eigenvalue weighted by atomic mass is 9.78. The van der Waals surface area contributed by atoms with E-state index < -0.39 is 0 Å². The van der Waals surface area contributed by atoms with E-state index in [0.29, 0.717) is 11.9 Å². The van der Waals surface area contributed by atoms with Gasteiger partial charge in [0.1, 0.15) is 0 Å². The van der Waals surface area contributed by atoms with Crippen LogP contribution in [0.25, 0.3) is 0 Å². The molecule has 19 heavy (non-hydrogen) atoms. The van der Waals surface area contributed by atoms with Gasteiger partial charge in [0, 0.05) is 5.41 Å². The molecule has 1 aromatic heterocycles. The Bertz CT molecular complexity index is 436. The minimum atomic E-state index is -0.242. The summed E-state index contributed by atoms with van der Waals surface area (Å²) in [6.45, 7) is 4.32. The summed E-state index contributed by atoms with van der Waals surface area (Å²) in [5, 5.41) is 9.33. The molecule has 1 aliphatic carbocycles. The highest BCUT2D eigenvalue weighted by atomic mass is 16.5. The number of anilines is 1. The second kappa shape index (κ2) is 5.59. The molecule has 1 amide bonds. The normalized spacial score (nSPS) is 17.7. The first-order valence-electron chi connectivity index (χ1n) is 6.83. The third kappa shape index (κ3) is 3.05. The van der Waals surface area contributed by atoms with Crippen LogP contribution in [0.5, 0.6) is 6.01 Å². The molecule has 6 nitrogen and oxygen atoms in total. The van der Waals surface area contributed by atoms with E-state index in [1.165, 1.54) is 7.11 Å². The lowest BCUT2D eigenvalue weighted by molar-refractivity contribution is -0.126. The molecule has 1 aliphatic rings. The van der Waals surface area contributed by atoms with E-state index in [-0.39, 0.29) is 17.3 Å². The minimum absolute atomic E-state index is 0.0532. The van der Waals surface area contributed by atoms with Gasteiger partial charge in [-0.15, -0.1) is 5.10 Å². The Morgan fingerprint density at radius 1 is 1.47 bits per heavy atom. The minimum Gasteiger partial charge on any atom is -0.466 e. The maximum Gasteiger partial charge on any atom is 0.336 e. The van der Waals surface area contributed by atoms with Crippen LogP contribution in [0.1, 0.15) is 46.0 Å². The second-order valence-electron chi connectivity index (χ2n) is 5.71. The van der Waals surface area contributed by atoms with Gasteiger partial charge in [-0.05, 0) is 25.2 Å². The highest BCUT2D eigenvalue weighted by molar-refractivity contribution is 5.94. The molecule has 0 atom stereocenters. The van der Waals surface area contributed by atoms with Crippen molar-refractivity contribution < 1.29 is 9.53 Å². The topological polar surface area (TPSA) is 79.9 Å². The van der Waals surface area contributed by atoms with Crippen LogP contribution < -0.4 is 10.1 Å². The number of ether oxygens (including phenoxy) is 1. The molecular weight excluding hydrogens is 244 g/mol. The van der Waals surface area contributed by atoms with Gasteiger partial charge in [-0.3, -0.25) is 10.1 Å². The van der Waals surface area contributed by atoms with E-state index in [2.05, 4.69) is 34.3 Å². The molecular formula is C13H22N4O2. The highest BCUT2D eigenvalue weighted by Crippen LogP contribution is 2.43. The van der Waals surface area contributed by atoms with E-state index in [4.69, 9.17) is 4.74 Å². The predicted molar refractivity (Wildman–Crippen MR) is 71.9 cm³/mol. The summed E-state index contributed by atoms with van der Waals surface area (Å²) in [5.41, 5.74) is -0.242. The second-order valence-corrected chi connectivity index (χ2v) is 5.71. The summed E-state index contributed by atoms with van der Waals surface area (Å²) < 4.78 is 4.89. The van der Waals surface area contributed by atoms with Crippen LogP contribution in [0.4, 0.5) is 5.95 Å². The molecule has 1 saturated carbocycles. The molecule has 0 spiro atoms. The first kappa shape index (κ1) is 13.8. The summed E-state index contributed by atoms with van der Waals surface area (Å²) in [5.74, 6) is 0.919. The zero-order valence-corrected chi connectivity index (χ0v) is 11.8. The van der Waals surface area contributed by atoms with Gasteiger partial charge in [0.25, 0.3) is 0 Å². The zero-order valence-electron chi connectivity index (χ0n) is 11.8. The number of aromatic amines is 1. The number of hydrogen-bond acceptors (Lipinski definition) is 4. The Kier molecular flexibility index (Phi) is 4.07. The van der Waals surface area contributed by atoms with Gasteiger partial charge in [-0.2, -0.15) is 4.98 Å². The van der Waals surface area contributed by atoms with Gasteiger partial charge in [-0.1, -0.05) is 26.7 Å². The largest absolute Gasteiger partial charge is 0.466 e. The molecule has 1 heterocycles. The van der Waals surface area contributed by atoms with Crippen molar-refractivity contribution in [3.63, 3.8) is 0 Å². The average molecular weight is 266 g/mol. The number of rotatable bonds is 5. The third-order valence-electron chi connectivity index (χ3n) is 3.72. The molecule has 1 fully saturated rings. The number of nitrogens with one attached hydrogen (secondary N) is 2. The molecule has 0 unspecified atom stereocenters. The van der Waals surface area contributed by atoms with E-state index in [1.54, 1.807) is 0 Å². The third-order valence-corrected chi connectivity index (χ3v) is 3.72. The molecule has 0 aromatic carbocycles. The number of carbonyl (C=O) groups excluding carboxylic acids is 1. The Labute approximate surface area is 113 Å². The molecule has 1 aromatic rings. The Morgan fingerprint density at radius 3 is 2.68 bits per heavy atom. The summed E-state index contributed by atoms with van der Waals surface area (Å²) in [6.07, 6.45) is 5.09. The monoisotopic (exact) mass is 266 g/mol.